The molecule has 0 saturated carbocycles. The number of rotatable bonds is 13. The minimum Gasteiger partial charge on any atom is -0.377 e. The van der Waals surface area contributed by atoms with Crippen LogP contribution in [0.2, 0.25) is 12.1 Å². The van der Waals surface area contributed by atoms with Gasteiger partial charge in [-0.2, -0.15) is 0 Å². The zero-order valence-corrected chi connectivity index (χ0v) is 19.1. The SMILES string of the molecule is CO[Si](CCCC(CC[Si](OC)(OC)OC)C(C)(C)C)(OC)OC. The first-order valence-corrected chi connectivity index (χ1v) is 12.4. The van der Waals surface area contributed by atoms with Crippen molar-refractivity contribution < 1.29 is 26.6 Å². The Bertz CT molecular complexity index is 310. The van der Waals surface area contributed by atoms with Gasteiger partial charge in [0, 0.05) is 54.7 Å². The van der Waals surface area contributed by atoms with Crippen molar-refractivity contribution >= 4 is 17.6 Å². The first-order chi connectivity index (χ1) is 11.2. The topological polar surface area (TPSA) is 55.4 Å². The van der Waals surface area contributed by atoms with E-state index in [1.54, 1.807) is 42.7 Å². The highest BCUT2D eigenvalue weighted by Gasteiger charge is 2.40. The van der Waals surface area contributed by atoms with Gasteiger partial charge in [0.2, 0.25) is 0 Å². The molecule has 1 atom stereocenters. The molecule has 0 aliphatic carbocycles. The summed E-state index contributed by atoms with van der Waals surface area (Å²) in [6.07, 6.45) is 3.09. The van der Waals surface area contributed by atoms with Crippen molar-refractivity contribution in [3.63, 3.8) is 0 Å². The van der Waals surface area contributed by atoms with E-state index in [4.69, 9.17) is 26.6 Å². The smallest absolute Gasteiger partial charge is 0.377 e. The first-order valence-electron chi connectivity index (χ1n) is 8.49. The van der Waals surface area contributed by atoms with Crippen LogP contribution in [0.25, 0.3) is 0 Å². The lowest BCUT2D eigenvalue weighted by Crippen LogP contribution is -2.44. The third kappa shape index (κ3) is 7.21. The quantitative estimate of drug-likeness (QED) is 0.454. The second-order valence-corrected chi connectivity index (χ2v) is 13.3. The van der Waals surface area contributed by atoms with E-state index in [0.29, 0.717) is 5.92 Å². The Hall–Kier alpha value is 0.194. The Kier molecular flexibility index (Phi) is 11.1. The summed E-state index contributed by atoms with van der Waals surface area (Å²) in [5, 5.41) is 0. The molecule has 0 radical (unpaired) electrons. The standard InChI is InChI=1S/C16H38O6Si2/c1-16(2,3)15(12-14-24(20-7,21-8)22-9)11-10-13-23(17-4,18-5)19-6/h15H,10-14H2,1-9H3. The molecule has 8 heteroatoms. The maximum Gasteiger partial charge on any atom is 0.500 e. The van der Waals surface area contributed by atoms with Crippen molar-refractivity contribution in [2.75, 3.05) is 42.7 Å². The second kappa shape index (κ2) is 11.0. The summed E-state index contributed by atoms with van der Waals surface area (Å²) < 4.78 is 33.2. The lowest BCUT2D eigenvalue weighted by molar-refractivity contribution is 0.112. The van der Waals surface area contributed by atoms with Crippen LogP contribution in [-0.4, -0.2) is 60.3 Å². The van der Waals surface area contributed by atoms with Gasteiger partial charge < -0.3 is 26.6 Å². The van der Waals surface area contributed by atoms with E-state index in [1.807, 2.05) is 0 Å². The molecule has 0 bridgehead atoms. The minimum absolute atomic E-state index is 0.201. The van der Waals surface area contributed by atoms with Gasteiger partial charge in [0.25, 0.3) is 0 Å². The predicted octanol–water partition coefficient (Wildman–Crippen LogP) is 3.58. The molecular formula is C16H38O6Si2. The summed E-state index contributed by atoms with van der Waals surface area (Å²) in [5.74, 6) is 0.530. The van der Waals surface area contributed by atoms with Gasteiger partial charge in [-0.05, 0) is 30.6 Å². The zero-order chi connectivity index (χ0) is 18.9. The third-order valence-corrected chi connectivity index (χ3v) is 10.5. The summed E-state index contributed by atoms with van der Waals surface area (Å²) in [6, 6.07) is 1.64. The third-order valence-electron chi connectivity index (χ3n) is 4.93. The highest BCUT2D eigenvalue weighted by atomic mass is 28.4. The van der Waals surface area contributed by atoms with Crippen LogP contribution in [0.5, 0.6) is 0 Å². The summed E-state index contributed by atoms with van der Waals surface area (Å²) in [4.78, 5) is 0. The van der Waals surface area contributed by atoms with Crippen molar-refractivity contribution in [2.45, 2.75) is 52.1 Å². The van der Waals surface area contributed by atoms with E-state index < -0.39 is 17.6 Å². The molecule has 24 heavy (non-hydrogen) atoms. The van der Waals surface area contributed by atoms with Crippen molar-refractivity contribution in [3.05, 3.63) is 0 Å². The fraction of sp³-hybridized carbons (Fsp3) is 1.00. The summed E-state index contributed by atoms with van der Waals surface area (Å²) in [6.45, 7) is 6.84. The maximum atomic E-state index is 5.55. The van der Waals surface area contributed by atoms with Gasteiger partial charge in [0.1, 0.15) is 0 Å². The van der Waals surface area contributed by atoms with Crippen LogP contribution < -0.4 is 0 Å². The highest BCUT2D eigenvalue weighted by molar-refractivity contribution is 6.60. The van der Waals surface area contributed by atoms with Crippen LogP contribution in [0.4, 0.5) is 0 Å². The Morgan fingerprint density at radius 3 is 1.33 bits per heavy atom. The molecule has 0 aromatic heterocycles. The molecule has 0 spiro atoms. The van der Waals surface area contributed by atoms with E-state index >= 15 is 0 Å². The molecule has 0 saturated heterocycles. The van der Waals surface area contributed by atoms with Gasteiger partial charge in [-0.1, -0.05) is 20.8 Å². The first kappa shape index (κ1) is 24.2. The van der Waals surface area contributed by atoms with Crippen molar-refractivity contribution in [1.29, 1.82) is 0 Å². The Morgan fingerprint density at radius 2 is 1.00 bits per heavy atom. The van der Waals surface area contributed by atoms with Crippen LogP contribution in [0.15, 0.2) is 0 Å². The Balaban J connectivity index is 4.76. The molecule has 146 valence electrons. The summed E-state index contributed by atoms with van der Waals surface area (Å²) in [7, 11) is 4.98. The molecule has 0 rings (SSSR count). The minimum atomic E-state index is -2.52. The van der Waals surface area contributed by atoms with Gasteiger partial charge in [0.05, 0.1) is 0 Å². The highest BCUT2D eigenvalue weighted by Crippen LogP contribution is 2.36. The van der Waals surface area contributed by atoms with E-state index in [0.717, 1.165) is 31.4 Å². The molecule has 0 aromatic rings. The molecule has 0 heterocycles. The molecular weight excluding hydrogens is 344 g/mol. The van der Waals surface area contributed by atoms with Gasteiger partial charge in [-0.3, -0.25) is 0 Å². The monoisotopic (exact) mass is 382 g/mol. The molecule has 0 aliphatic heterocycles. The fourth-order valence-corrected chi connectivity index (χ4v) is 6.60. The fourth-order valence-electron chi connectivity index (χ4n) is 3.04. The van der Waals surface area contributed by atoms with E-state index in [9.17, 15) is 0 Å². The summed E-state index contributed by atoms with van der Waals surface area (Å²) >= 11 is 0. The number of hydrogen-bond donors (Lipinski definition) is 0. The average Bonchev–Trinajstić information content (AvgIpc) is 2.58. The molecule has 0 aliphatic rings. The Morgan fingerprint density at radius 1 is 0.625 bits per heavy atom. The van der Waals surface area contributed by atoms with Gasteiger partial charge >= 0.3 is 17.6 Å². The molecule has 0 aromatic carbocycles. The predicted molar refractivity (Wildman–Crippen MR) is 100.0 cm³/mol. The van der Waals surface area contributed by atoms with Crippen LogP contribution in [0.3, 0.4) is 0 Å². The lowest BCUT2D eigenvalue weighted by atomic mass is 9.77. The van der Waals surface area contributed by atoms with Gasteiger partial charge in [0.15, 0.2) is 0 Å². The second-order valence-electron chi connectivity index (χ2n) is 7.08. The molecule has 0 amide bonds. The molecule has 6 nitrogen and oxygen atoms in total. The van der Waals surface area contributed by atoms with Crippen LogP contribution in [-0.2, 0) is 26.6 Å². The van der Waals surface area contributed by atoms with Crippen LogP contribution in [0.1, 0.15) is 40.0 Å². The zero-order valence-electron chi connectivity index (χ0n) is 17.1. The van der Waals surface area contributed by atoms with E-state index in [-0.39, 0.29) is 5.41 Å². The maximum absolute atomic E-state index is 5.55. The normalized spacial score (nSPS) is 14.9. The van der Waals surface area contributed by atoms with Crippen molar-refractivity contribution in [2.24, 2.45) is 11.3 Å². The Labute approximate surface area is 150 Å². The van der Waals surface area contributed by atoms with Gasteiger partial charge in [-0.25, -0.2) is 0 Å². The van der Waals surface area contributed by atoms with Crippen molar-refractivity contribution in [3.8, 4) is 0 Å². The van der Waals surface area contributed by atoms with Crippen molar-refractivity contribution in [1.82, 2.24) is 0 Å². The van der Waals surface area contributed by atoms with E-state index in [1.165, 1.54) is 0 Å². The van der Waals surface area contributed by atoms with Crippen LogP contribution >= 0.6 is 0 Å². The number of hydrogen-bond acceptors (Lipinski definition) is 6. The summed E-state index contributed by atoms with van der Waals surface area (Å²) in [5.41, 5.74) is 0.201. The van der Waals surface area contributed by atoms with Gasteiger partial charge in [-0.15, -0.1) is 0 Å². The van der Waals surface area contributed by atoms with Crippen LogP contribution in [0, 0.1) is 11.3 Å². The van der Waals surface area contributed by atoms with E-state index in [2.05, 4.69) is 20.8 Å². The molecule has 1 unspecified atom stereocenters. The largest absolute Gasteiger partial charge is 0.500 e. The average molecular weight is 383 g/mol. The molecule has 0 fully saturated rings. The molecule has 0 N–H and O–H groups in total. The lowest BCUT2D eigenvalue weighted by Gasteiger charge is -2.34.